The van der Waals surface area contributed by atoms with Crippen molar-refractivity contribution in [3.05, 3.63) is 61.0 Å². The lowest BCUT2D eigenvalue weighted by Crippen LogP contribution is -2.05. The van der Waals surface area contributed by atoms with E-state index in [0.29, 0.717) is 20.8 Å². The predicted molar refractivity (Wildman–Crippen MR) is 88.6 cm³/mol. The highest BCUT2D eigenvalue weighted by Gasteiger charge is 2.20. The smallest absolute Gasteiger partial charge is 0.139 e. The van der Waals surface area contributed by atoms with Gasteiger partial charge >= 0.3 is 0 Å². The summed E-state index contributed by atoms with van der Waals surface area (Å²) in [5.74, 6) is 0.585. The molecule has 1 unspecified atom stereocenters. The molecule has 0 aliphatic rings. The van der Waals surface area contributed by atoms with Gasteiger partial charge in [-0.2, -0.15) is 0 Å². The first kappa shape index (κ1) is 15.8. The quantitative estimate of drug-likeness (QED) is 0.734. The molecule has 5 heteroatoms. The van der Waals surface area contributed by atoms with E-state index in [1.165, 1.54) is 0 Å². The van der Waals surface area contributed by atoms with E-state index in [4.69, 9.17) is 16.3 Å². The first-order valence-corrected chi connectivity index (χ1v) is 7.88. The molecule has 2 rings (SSSR count). The molecule has 20 heavy (non-hydrogen) atoms. The number of aliphatic hydroxyl groups excluding tert-OH is 1. The lowest BCUT2D eigenvalue weighted by atomic mass is 9.97. The Kier molecular flexibility index (Phi) is 5.13. The lowest BCUT2D eigenvalue weighted by Gasteiger charge is -2.19. The monoisotopic (exact) mass is 418 g/mol. The molecule has 0 saturated heterocycles. The SMILES string of the molecule is COc1c(Br)cc(Cl)cc1C(O)c1cccc(Br)c1C. The van der Waals surface area contributed by atoms with E-state index in [9.17, 15) is 5.11 Å². The molecular weight excluding hydrogens is 407 g/mol. The summed E-state index contributed by atoms with van der Waals surface area (Å²) in [7, 11) is 1.57. The number of methoxy groups -OCH3 is 1. The van der Waals surface area contributed by atoms with Crippen LogP contribution in [0.3, 0.4) is 0 Å². The average Bonchev–Trinajstić information content (AvgIpc) is 2.40. The van der Waals surface area contributed by atoms with Crippen LogP contribution in [0, 0.1) is 6.92 Å². The van der Waals surface area contributed by atoms with Crippen molar-refractivity contribution in [3.8, 4) is 5.75 Å². The van der Waals surface area contributed by atoms with Crippen molar-refractivity contribution in [1.82, 2.24) is 0 Å². The van der Waals surface area contributed by atoms with Crippen molar-refractivity contribution in [3.63, 3.8) is 0 Å². The summed E-state index contributed by atoms with van der Waals surface area (Å²) in [6.45, 7) is 1.95. The van der Waals surface area contributed by atoms with Gasteiger partial charge in [0.2, 0.25) is 0 Å². The van der Waals surface area contributed by atoms with Gasteiger partial charge in [-0.3, -0.25) is 0 Å². The van der Waals surface area contributed by atoms with Crippen LogP contribution in [-0.2, 0) is 0 Å². The fourth-order valence-electron chi connectivity index (χ4n) is 2.09. The topological polar surface area (TPSA) is 29.5 Å². The maximum absolute atomic E-state index is 10.7. The van der Waals surface area contributed by atoms with Crippen LogP contribution < -0.4 is 4.74 Å². The fourth-order valence-corrected chi connectivity index (χ4v) is 3.46. The summed E-state index contributed by atoms with van der Waals surface area (Å²) in [5.41, 5.74) is 2.43. The van der Waals surface area contributed by atoms with Gasteiger partial charge in [-0.05, 0) is 52.2 Å². The number of halogens is 3. The number of hydrogen-bond acceptors (Lipinski definition) is 2. The van der Waals surface area contributed by atoms with Gasteiger partial charge in [0.25, 0.3) is 0 Å². The molecule has 0 bridgehead atoms. The zero-order valence-electron chi connectivity index (χ0n) is 11.0. The van der Waals surface area contributed by atoms with Crippen LogP contribution in [0.4, 0.5) is 0 Å². The second kappa shape index (κ2) is 6.48. The highest BCUT2D eigenvalue weighted by atomic mass is 79.9. The molecule has 2 aromatic rings. The molecule has 1 N–H and O–H groups in total. The van der Waals surface area contributed by atoms with E-state index < -0.39 is 6.10 Å². The van der Waals surface area contributed by atoms with E-state index in [0.717, 1.165) is 15.6 Å². The average molecular weight is 421 g/mol. The van der Waals surface area contributed by atoms with Crippen LogP contribution in [0.2, 0.25) is 5.02 Å². The molecule has 106 valence electrons. The van der Waals surface area contributed by atoms with Gasteiger partial charge in [-0.25, -0.2) is 0 Å². The van der Waals surface area contributed by atoms with E-state index in [-0.39, 0.29) is 0 Å². The highest BCUT2D eigenvalue weighted by Crippen LogP contribution is 2.39. The zero-order chi connectivity index (χ0) is 14.9. The van der Waals surface area contributed by atoms with Gasteiger partial charge in [0, 0.05) is 15.1 Å². The number of aliphatic hydroxyl groups is 1. The summed E-state index contributed by atoms with van der Waals surface area (Å²) in [5, 5.41) is 11.2. The molecule has 2 aromatic carbocycles. The molecule has 0 fully saturated rings. The third kappa shape index (κ3) is 3.03. The fraction of sp³-hybridized carbons (Fsp3) is 0.200. The van der Waals surface area contributed by atoms with Gasteiger partial charge in [0.1, 0.15) is 11.9 Å². The molecule has 2 nitrogen and oxygen atoms in total. The number of benzene rings is 2. The van der Waals surface area contributed by atoms with Crippen molar-refractivity contribution < 1.29 is 9.84 Å². The van der Waals surface area contributed by atoms with Crippen molar-refractivity contribution in [2.45, 2.75) is 13.0 Å². The van der Waals surface area contributed by atoms with Crippen LogP contribution in [-0.4, -0.2) is 12.2 Å². The van der Waals surface area contributed by atoms with Crippen molar-refractivity contribution in [2.24, 2.45) is 0 Å². The number of ether oxygens (including phenoxy) is 1. The molecule has 0 aromatic heterocycles. The Labute approximate surface area is 140 Å². The second-order valence-corrected chi connectivity index (χ2v) is 6.51. The Balaban J connectivity index is 2.58. The van der Waals surface area contributed by atoms with Gasteiger partial charge in [0.05, 0.1) is 11.6 Å². The molecule has 0 saturated carbocycles. The molecule has 0 spiro atoms. The normalized spacial score (nSPS) is 12.3. The first-order chi connectivity index (χ1) is 9.45. The Morgan fingerprint density at radius 1 is 1.15 bits per heavy atom. The Morgan fingerprint density at radius 2 is 1.85 bits per heavy atom. The van der Waals surface area contributed by atoms with Crippen LogP contribution in [0.25, 0.3) is 0 Å². The predicted octanol–water partition coefficient (Wildman–Crippen LogP) is 5.26. The number of hydrogen-bond donors (Lipinski definition) is 1. The molecule has 0 amide bonds. The standard InChI is InChI=1S/C15H13Br2ClO2/c1-8-10(4-3-5-12(8)16)14(19)11-6-9(18)7-13(17)15(11)20-2/h3-7,14,19H,1-2H3. The summed E-state index contributed by atoms with van der Waals surface area (Å²) in [4.78, 5) is 0. The molecule has 1 atom stereocenters. The van der Waals surface area contributed by atoms with Gasteiger partial charge in [0.15, 0.2) is 0 Å². The van der Waals surface area contributed by atoms with Gasteiger partial charge in [-0.15, -0.1) is 0 Å². The molecule has 0 heterocycles. The van der Waals surface area contributed by atoms with E-state index >= 15 is 0 Å². The van der Waals surface area contributed by atoms with E-state index in [1.54, 1.807) is 19.2 Å². The van der Waals surface area contributed by atoms with Crippen molar-refractivity contribution >= 4 is 43.5 Å². The van der Waals surface area contributed by atoms with E-state index in [2.05, 4.69) is 31.9 Å². The Morgan fingerprint density at radius 3 is 2.50 bits per heavy atom. The third-order valence-electron chi connectivity index (χ3n) is 3.14. The minimum atomic E-state index is -0.808. The van der Waals surface area contributed by atoms with Crippen molar-refractivity contribution in [1.29, 1.82) is 0 Å². The van der Waals surface area contributed by atoms with Crippen LogP contribution in [0.15, 0.2) is 39.3 Å². The summed E-state index contributed by atoms with van der Waals surface area (Å²) in [6, 6.07) is 9.18. The largest absolute Gasteiger partial charge is 0.495 e. The van der Waals surface area contributed by atoms with Crippen molar-refractivity contribution in [2.75, 3.05) is 7.11 Å². The highest BCUT2D eigenvalue weighted by molar-refractivity contribution is 9.10. The zero-order valence-corrected chi connectivity index (χ0v) is 14.9. The minimum Gasteiger partial charge on any atom is -0.495 e. The van der Waals surface area contributed by atoms with Crippen LogP contribution in [0.1, 0.15) is 22.8 Å². The summed E-state index contributed by atoms with van der Waals surface area (Å²) >= 11 is 13.0. The lowest BCUT2D eigenvalue weighted by molar-refractivity contribution is 0.213. The van der Waals surface area contributed by atoms with Gasteiger partial charge < -0.3 is 9.84 Å². The molecule has 0 radical (unpaired) electrons. The van der Waals surface area contributed by atoms with Crippen LogP contribution >= 0.6 is 43.5 Å². The number of rotatable bonds is 3. The molecule has 0 aliphatic heterocycles. The Bertz CT molecular complexity index is 644. The summed E-state index contributed by atoms with van der Waals surface area (Å²) in [6.07, 6.45) is -0.808. The maximum atomic E-state index is 10.7. The maximum Gasteiger partial charge on any atom is 0.139 e. The second-order valence-electron chi connectivity index (χ2n) is 4.37. The van der Waals surface area contributed by atoms with Crippen LogP contribution in [0.5, 0.6) is 5.75 Å². The molecular formula is C15H13Br2ClO2. The first-order valence-electron chi connectivity index (χ1n) is 5.91. The van der Waals surface area contributed by atoms with E-state index in [1.807, 2.05) is 25.1 Å². The third-order valence-corrected chi connectivity index (χ3v) is 4.81. The summed E-state index contributed by atoms with van der Waals surface area (Å²) < 4.78 is 7.04. The van der Waals surface area contributed by atoms with Gasteiger partial charge in [-0.1, -0.05) is 39.7 Å². The minimum absolute atomic E-state index is 0.541. The Hall–Kier alpha value is -0.550. The molecule has 0 aliphatic carbocycles.